The Balaban J connectivity index is 1.50. The molecule has 2 saturated heterocycles. The van der Waals surface area contributed by atoms with Crippen LogP contribution in [0.15, 0.2) is 24.3 Å². The van der Waals surface area contributed by atoms with E-state index in [1.54, 1.807) is 0 Å². The lowest BCUT2D eigenvalue weighted by Crippen LogP contribution is -2.42. The average Bonchev–Trinajstić information content (AvgIpc) is 3.34. The van der Waals surface area contributed by atoms with Crippen LogP contribution >= 0.6 is 0 Å². The second-order valence-electron chi connectivity index (χ2n) is 7.74. The molecule has 26 heavy (non-hydrogen) atoms. The summed E-state index contributed by atoms with van der Waals surface area (Å²) in [5.41, 5.74) is 0.789. The molecule has 1 amide bonds. The van der Waals surface area contributed by atoms with Gasteiger partial charge in [0.1, 0.15) is 5.75 Å². The fourth-order valence-electron chi connectivity index (χ4n) is 4.13. The molecule has 0 saturated carbocycles. The van der Waals surface area contributed by atoms with Crippen LogP contribution in [0.1, 0.15) is 68.6 Å². The van der Waals surface area contributed by atoms with Gasteiger partial charge in [0, 0.05) is 24.7 Å². The molecular formula is C22H34N2O2. The van der Waals surface area contributed by atoms with Gasteiger partial charge in [0.2, 0.25) is 0 Å². The topological polar surface area (TPSA) is 32.8 Å². The van der Waals surface area contributed by atoms with Gasteiger partial charge in [0.15, 0.2) is 0 Å². The minimum absolute atomic E-state index is 0.182. The summed E-state index contributed by atoms with van der Waals surface area (Å²) in [6.07, 6.45) is 9.71. The third kappa shape index (κ3) is 5.23. The summed E-state index contributed by atoms with van der Waals surface area (Å²) in [4.78, 5) is 17.6. The fourth-order valence-corrected chi connectivity index (χ4v) is 4.13. The summed E-state index contributed by atoms with van der Waals surface area (Å²) < 4.78 is 5.79. The van der Waals surface area contributed by atoms with E-state index < -0.39 is 0 Å². The lowest BCUT2D eigenvalue weighted by atomic mass is 10.1. The van der Waals surface area contributed by atoms with Crippen molar-refractivity contribution in [2.75, 3.05) is 32.8 Å². The molecule has 0 bridgehead atoms. The van der Waals surface area contributed by atoms with E-state index in [0.29, 0.717) is 6.04 Å². The highest BCUT2D eigenvalue weighted by atomic mass is 16.5. The van der Waals surface area contributed by atoms with E-state index in [9.17, 15) is 4.79 Å². The molecule has 4 nitrogen and oxygen atoms in total. The monoisotopic (exact) mass is 358 g/mol. The maximum absolute atomic E-state index is 12.9. The molecule has 2 fully saturated rings. The van der Waals surface area contributed by atoms with Crippen molar-refractivity contribution in [1.29, 1.82) is 0 Å². The Morgan fingerprint density at radius 3 is 2.54 bits per heavy atom. The summed E-state index contributed by atoms with van der Waals surface area (Å²) in [5, 5.41) is 0. The molecule has 2 aliphatic rings. The van der Waals surface area contributed by atoms with E-state index in [0.717, 1.165) is 50.3 Å². The molecule has 0 aliphatic carbocycles. The van der Waals surface area contributed by atoms with Crippen molar-refractivity contribution in [2.45, 2.75) is 64.3 Å². The number of carbonyl (C=O) groups excluding carboxylic acids is 1. The third-order valence-corrected chi connectivity index (χ3v) is 5.67. The second-order valence-corrected chi connectivity index (χ2v) is 7.74. The summed E-state index contributed by atoms with van der Waals surface area (Å²) in [7, 11) is 0. The molecule has 3 rings (SSSR count). The van der Waals surface area contributed by atoms with Gasteiger partial charge in [0.25, 0.3) is 5.91 Å². The normalized spacial score (nSPS) is 20.7. The number of hydrogen-bond acceptors (Lipinski definition) is 3. The van der Waals surface area contributed by atoms with Gasteiger partial charge < -0.3 is 14.5 Å². The van der Waals surface area contributed by atoms with E-state index >= 15 is 0 Å². The van der Waals surface area contributed by atoms with Crippen molar-refractivity contribution in [1.82, 2.24) is 9.80 Å². The van der Waals surface area contributed by atoms with Crippen LogP contribution < -0.4 is 4.74 Å². The molecule has 144 valence electrons. The zero-order chi connectivity index (χ0) is 18.2. The van der Waals surface area contributed by atoms with Crippen LogP contribution in [-0.2, 0) is 0 Å². The zero-order valence-electron chi connectivity index (χ0n) is 16.3. The number of hydrogen-bond donors (Lipinski definition) is 0. The lowest BCUT2D eigenvalue weighted by Gasteiger charge is -2.28. The predicted molar refractivity (Wildman–Crippen MR) is 106 cm³/mol. The smallest absolute Gasteiger partial charge is 0.254 e. The number of rotatable bonds is 9. The Morgan fingerprint density at radius 1 is 1.04 bits per heavy atom. The fraction of sp³-hybridized carbons (Fsp3) is 0.682. The van der Waals surface area contributed by atoms with Gasteiger partial charge in [-0.15, -0.1) is 0 Å². The van der Waals surface area contributed by atoms with Gasteiger partial charge in [-0.25, -0.2) is 0 Å². The van der Waals surface area contributed by atoms with Crippen molar-refractivity contribution in [3.05, 3.63) is 29.8 Å². The number of likely N-dealkylation sites (tertiary alicyclic amines) is 2. The van der Waals surface area contributed by atoms with Crippen LogP contribution in [0.4, 0.5) is 0 Å². The maximum atomic E-state index is 12.9. The van der Waals surface area contributed by atoms with Crippen LogP contribution in [-0.4, -0.2) is 54.5 Å². The Kier molecular flexibility index (Phi) is 7.36. The lowest BCUT2D eigenvalue weighted by molar-refractivity contribution is 0.0708. The molecule has 0 N–H and O–H groups in total. The zero-order valence-corrected chi connectivity index (χ0v) is 16.3. The van der Waals surface area contributed by atoms with Crippen molar-refractivity contribution in [3.8, 4) is 5.75 Å². The van der Waals surface area contributed by atoms with E-state index in [1.807, 2.05) is 24.3 Å². The summed E-state index contributed by atoms with van der Waals surface area (Å²) in [6.45, 7) is 7.31. The molecule has 0 spiro atoms. The predicted octanol–water partition coefficient (Wildman–Crippen LogP) is 4.35. The quantitative estimate of drug-likeness (QED) is 0.615. The van der Waals surface area contributed by atoms with E-state index in [-0.39, 0.29) is 5.91 Å². The highest BCUT2D eigenvalue weighted by Crippen LogP contribution is 2.23. The first-order valence-electron chi connectivity index (χ1n) is 10.5. The summed E-state index contributed by atoms with van der Waals surface area (Å²) in [5.74, 6) is 1.05. The van der Waals surface area contributed by atoms with Crippen LogP contribution in [0.2, 0.25) is 0 Å². The number of nitrogens with zero attached hydrogens (tertiary/aromatic N) is 2. The highest BCUT2D eigenvalue weighted by molar-refractivity contribution is 5.94. The molecule has 0 radical (unpaired) electrons. The van der Waals surface area contributed by atoms with E-state index in [2.05, 4.69) is 16.7 Å². The second kappa shape index (κ2) is 9.96. The highest BCUT2D eigenvalue weighted by Gasteiger charge is 2.31. The van der Waals surface area contributed by atoms with Gasteiger partial charge in [-0.1, -0.05) is 26.2 Å². The van der Waals surface area contributed by atoms with Crippen LogP contribution in [0.25, 0.3) is 0 Å². The van der Waals surface area contributed by atoms with E-state index in [1.165, 1.54) is 45.2 Å². The average molecular weight is 359 g/mol. The Labute approximate surface area is 158 Å². The van der Waals surface area contributed by atoms with Crippen LogP contribution in [0, 0.1) is 0 Å². The largest absolute Gasteiger partial charge is 0.494 e. The third-order valence-electron chi connectivity index (χ3n) is 5.67. The van der Waals surface area contributed by atoms with Crippen LogP contribution in [0.3, 0.4) is 0 Å². The summed E-state index contributed by atoms with van der Waals surface area (Å²) in [6, 6.07) is 8.12. The minimum Gasteiger partial charge on any atom is -0.494 e. The maximum Gasteiger partial charge on any atom is 0.254 e. The van der Waals surface area contributed by atoms with Crippen molar-refractivity contribution < 1.29 is 9.53 Å². The van der Waals surface area contributed by atoms with Gasteiger partial charge >= 0.3 is 0 Å². The van der Waals surface area contributed by atoms with Gasteiger partial charge in [-0.3, -0.25) is 4.79 Å². The Hall–Kier alpha value is -1.55. The summed E-state index contributed by atoms with van der Waals surface area (Å²) >= 11 is 0. The molecular weight excluding hydrogens is 324 g/mol. The number of benzene rings is 1. The molecule has 1 aromatic rings. The van der Waals surface area contributed by atoms with Gasteiger partial charge in [-0.05, 0) is 69.5 Å². The van der Waals surface area contributed by atoms with Crippen molar-refractivity contribution in [3.63, 3.8) is 0 Å². The molecule has 1 atom stereocenters. The van der Waals surface area contributed by atoms with Crippen LogP contribution in [0.5, 0.6) is 5.75 Å². The standard InChI is InChI=1S/C22H34N2O2/c1-2-3-4-7-17-26-21-12-10-19(11-13-21)22(25)24-16-8-9-20(24)18-23-14-5-6-15-23/h10-13,20H,2-9,14-18H2,1H3/t20-/m0/s1. The molecule has 0 aromatic heterocycles. The Bertz CT molecular complexity index is 552. The first-order chi connectivity index (χ1) is 12.8. The first kappa shape index (κ1) is 19.2. The van der Waals surface area contributed by atoms with Gasteiger partial charge in [-0.2, -0.15) is 0 Å². The molecule has 2 aliphatic heterocycles. The number of amides is 1. The first-order valence-corrected chi connectivity index (χ1v) is 10.5. The SMILES string of the molecule is CCCCCCOc1ccc(C(=O)N2CCC[C@H]2CN2CCCC2)cc1. The van der Waals surface area contributed by atoms with Crippen molar-refractivity contribution in [2.24, 2.45) is 0 Å². The molecule has 2 heterocycles. The molecule has 1 aromatic carbocycles. The van der Waals surface area contributed by atoms with Crippen molar-refractivity contribution >= 4 is 5.91 Å². The number of ether oxygens (including phenoxy) is 1. The van der Waals surface area contributed by atoms with Gasteiger partial charge in [0.05, 0.1) is 6.61 Å². The molecule has 0 unspecified atom stereocenters. The Morgan fingerprint density at radius 2 is 1.81 bits per heavy atom. The molecule has 4 heteroatoms. The number of unbranched alkanes of at least 4 members (excludes halogenated alkanes) is 3. The minimum atomic E-state index is 0.182. The number of carbonyl (C=O) groups is 1. The van der Waals surface area contributed by atoms with E-state index in [4.69, 9.17) is 4.74 Å².